The van der Waals surface area contributed by atoms with Gasteiger partial charge in [0.1, 0.15) is 0 Å². The fraction of sp³-hybridized carbons (Fsp3) is 0.154. The first-order chi connectivity index (χ1) is 8.58. The van der Waals surface area contributed by atoms with Gasteiger partial charge in [0.2, 0.25) is 0 Å². The molecule has 0 aliphatic heterocycles. The minimum atomic E-state index is 0.552. The highest BCUT2D eigenvalue weighted by Crippen LogP contribution is 2.35. The van der Waals surface area contributed by atoms with Gasteiger partial charge >= 0.3 is 0 Å². The van der Waals surface area contributed by atoms with Crippen LogP contribution in [-0.2, 0) is 6.54 Å². The third-order valence-corrected chi connectivity index (χ3v) is 3.17. The molecule has 0 bridgehead atoms. The van der Waals surface area contributed by atoms with Crippen LogP contribution < -0.4 is 10.6 Å². The van der Waals surface area contributed by atoms with E-state index in [2.05, 4.69) is 4.98 Å². The quantitative estimate of drug-likeness (QED) is 0.874. The fourth-order valence-electron chi connectivity index (χ4n) is 1.79. The van der Waals surface area contributed by atoms with Crippen molar-refractivity contribution in [3.8, 4) is 0 Å². The maximum atomic E-state index is 6.18. The topological polar surface area (TPSA) is 42.2 Å². The molecule has 0 saturated carbocycles. The van der Waals surface area contributed by atoms with Gasteiger partial charge in [-0.15, -0.1) is 0 Å². The van der Waals surface area contributed by atoms with E-state index in [1.165, 1.54) is 0 Å². The Labute approximate surface area is 116 Å². The third-order valence-electron chi connectivity index (χ3n) is 2.59. The molecule has 0 unspecified atom stereocenters. The summed E-state index contributed by atoms with van der Waals surface area (Å²) in [6.07, 6.45) is 3.52. The number of benzene rings is 1. The molecule has 0 amide bonds. The molecule has 0 fully saturated rings. The van der Waals surface area contributed by atoms with Crippen LogP contribution in [0.25, 0.3) is 0 Å². The molecule has 0 spiro atoms. The molecule has 3 nitrogen and oxygen atoms in total. The molecule has 2 N–H and O–H groups in total. The summed E-state index contributed by atoms with van der Waals surface area (Å²) in [5, 5.41) is 1.10. The monoisotopic (exact) mass is 281 g/mol. The van der Waals surface area contributed by atoms with Gasteiger partial charge in [-0.2, -0.15) is 0 Å². The average molecular weight is 282 g/mol. The number of rotatable bonds is 3. The van der Waals surface area contributed by atoms with Crippen LogP contribution in [0.2, 0.25) is 10.0 Å². The number of hydrogen-bond donors (Lipinski definition) is 1. The number of pyridine rings is 1. The highest BCUT2D eigenvalue weighted by molar-refractivity contribution is 6.39. The summed E-state index contributed by atoms with van der Waals surface area (Å²) in [4.78, 5) is 5.97. The van der Waals surface area contributed by atoms with Crippen molar-refractivity contribution >= 4 is 34.6 Å². The van der Waals surface area contributed by atoms with Crippen molar-refractivity contribution in [3.05, 3.63) is 52.3 Å². The lowest BCUT2D eigenvalue weighted by Crippen LogP contribution is -2.17. The van der Waals surface area contributed by atoms with Gasteiger partial charge in [-0.25, -0.2) is 0 Å². The second-order valence-electron chi connectivity index (χ2n) is 4.04. The molecule has 0 atom stereocenters. The molecule has 2 aromatic rings. The van der Waals surface area contributed by atoms with E-state index in [9.17, 15) is 0 Å². The number of nitrogen functional groups attached to an aromatic ring is 1. The maximum Gasteiger partial charge on any atom is 0.0746 e. The van der Waals surface area contributed by atoms with Crippen LogP contribution in [0.15, 0.2) is 36.7 Å². The van der Waals surface area contributed by atoms with Crippen LogP contribution in [0.5, 0.6) is 0 Å². The van der Waals surface area contributed by atoms with Crippen molar-refractivity contribution < 1.29 is 0 Å². The molecule has 0 saturated heterocycles. The predicted molar refractivity (Wildman–Crippen MR) is 77.2 cm³/mol. The van der Waals surface area contributed by atoms with Crippen molar-refractivity contribution in [1.29, 1.82) is 0 Å². The summed E-state index contributed by atoms with van der Waals surface area (Å²) in [5.74, 6) is 0. The molecule has 18 heavy (non-hydrogen) atoms. The highest BCUT2D eigenvalue weighted by Gasteiger charge is 2.12. The van der Waals surface area contributed by atoms with Gasteiger partial charge in [-0.05, 0) is 29.8 Å². The van der Waals surface area contributed by atoms with E-state index in [0.29, 0.717) is 22.3 Å². The Morgan fingerprint density at radius 1 is 1.17 bits per heavy atom. The zero-order valence-corrected chi connectivity index (χ0v) is 11.4. The lowest BCUT2D eigenvalue weighted by atomic mass is 10.2. The molecule has 0 aliphatic rings. The first-order valence-corrected chi connectivity index (χ1v) is 6.18. The van der Waals surface area contributed by atoms with Crippen molar-refractivity contribution in [2.24, 2.45) is 0 Å². The van der Waals surface area contributed by atoms with Crippen molar-refractivity contribution in [2.75, 3.05) is 17.7 Å². The molecule has 1 aromatic carbocycles. The smallest absolute Gasteiger partial charge is 0.0746 e. The molecule has 0 aliphatic carbocycles. The van der Waals surface area contributed by atoms with Gasteiger partial charge in [0.25, 0.3) is 0 Å². The van der Waals surface area contributed by atoms with E-state index in [-0.39, 0.29) is 0 Å². The van der Waals surface area contributed by atoms with Gasteiger partial charge < -0.3 is 10.6 Å². The second-order valence-corrected chi connectivity index (χ2v) is 4.86. The Morgan fingerprint density at radius 3 is 2.28 bits per heavy atom. The number of nitrogens with zero attached hydrogens (tertiary/aromatic N) is 2. The number of anilines is 2. The predicted octanol–water partition coefficient (Wildman–Crippen LogP) is 3.61. The summed E-state index contributed by atoms with van der Waals surface area (Å²) >= 11 is 12.4. The molecular weight excluding hydrogens is 269 g/mol. The van der Waals surface area contributed by atoms with Crippen LogP contribution in [0.3, 0.4) is 0 Å². The summed E-state index contributed by atoms with van der Waals surface area (Å²) in [6.45, 7) is 0.700. The fourth-order valence-corrected chi connectivity index (χ4v) is 2.58. The molecule has 5 heteroatoms. The second kappa shape index (κ2) is 5.46. The number of halogens is 2. The van der Waals surface area contributed by atoms with Crippen LogP contribution in [0.4, 0.5) is 11.4 Å². The molecule has 1 heterocycles. The van der Waals surface area contributed by atoms with E-state index in [1.807, 2.05) is 24.1 Å². The Balaban J connectivity index is 2.27. The van der Waals surface area contributed by atoms with Crippen LogP contribution in [0.1, 0.15) is 5.56 Å². The van der Waals surface area contributed by atoms with Gasteiger partial charge in [0, 0.05) is 31.7 Å². The van der Waals surface area contributed by atoms with Gasteiger partial charge in [-0.3, -0.25) is 4.98 Å². The summed E-state index contributed by atoms with van der Waals surface area (Å²) < 4.78 is 0. The van der Waals surface area contributed by atoms with Gasteiger partial charge in [-0.1, -0.05) is 23.2 Å². The van der Waals surface area contributed by atoms with E-state index >= 15 is 0 Å². The summed E-state index contributed by atoms with van der Waals surface area (Å²) in [7, 11) is 1.93. The van der Waals surface area contributed by atoms with Gasteiger partial charge in [0.15, 0.2) is 0 Å². The highest BCUT2D eigenvalue weighted by atomic mass is 35.5. The zero-order chi connectivity index (χ0) is 13.1. The molecule has 0 radical (unpaired) electrons. The number of nitrogens with two attached hydrogens (primary N) is 1. The van der Waals surface area contributed by atoms with Crippen LogP contribution in [0, 0.1) is 0 Å². The van der Waals surface area contributed by atoms with Gasteiger partial charge in [0.05, 0.1) is 15.7 Å². The SMILES string of the molecule is CN(Cc1ccncc1)c1c(Cl)cc(N)cc1Cl. The Kier molecular flexibility index (Phi) is 3.94. The van der Waals surface area contributed by atoms with Crippen molar-refractivity contribution in [1.82, 2.24) is 4.98 Å². The molecular formula is C13H13Cl2N3. The molecule has 1 aromatic heterocycles. The Bertz CT molecular complexity index is 520. The number of hydrogen-bond acceptors (Lipinski definition) is 3. The van der Waals surface area contributed by atoms with Crippen molar-refractivity contribution in [2.45, 2.75) is 6.54 Å². The third kappa shape index (κ3) is 2.86. The maximum absolute atomic E-state index is 6.18. The van der Waals surface area contributed by atoms with E-state index in [4.69, 9.17) is 28.9 Å². The largest absolute Gasteiger partial charge is 0.399 e. The van der Waals surface area contributed by atoms with Crippen LogP contribution >= 0.6 is 23.2 Å². The zero-order valence-electron chi connectivity index (χ0n) is 9.90. The average Bonchev–Trinajstić information content (AvgIpc) is 2.28. The van der Waals surface area contributed by atoms with E-state index < -0.39 is 0 Å². The van der Waals surface area contributed by atoms with E-state index in [0.717, 1.165) is 11.3 Å². The van der Waals surface area contributed by atoms with Crippen molar-refractivity contribution in [3.63, 3.8) is 0 Å². The van der Waals surface area contributed by atoms with Crippen LogP contribution in [-0.4, -0.2) is 12.0 Å². The summed E-state index contributed by atoms with van der Waals surface area (Å²) in [5.41, 5.74) is 8.16. The molecule has 2 rings (SSSR count). The first kappa shape index (κ1) is 13.0. The molecule has 94 valence electrons. The standard InChI is InChI=1S/C13H13Cl2N3/c1-18(8-9-2-4-17-5-3-9)13-11(14)6-10(16)7-12(13)15/h2-7H,8,16H2,1H3. The normalized spacial score (nSPS) is 10.4. The Morgan fingerprint density at radius 2 is 1.72 bits per heavy atom. The minimum absolute atomic E-state index is 0.552. The Hall–Kier alpha value is -1.45. The first-order valence-electron chi connectivity index (χ1n) is 5.42. The summed E-state index contributed by atoms with van der Waals surface area (Å²) in [6, 6.07) is 7.31. The van der Waals surface area contributed by atoms with E-state index in [1.54, 1.807) is 24.5 Å². The lowest BCUT2D eigenvalue weighted by molar-refractivity contribution is 0.920. The lowest BCUT2D eigenvalue weighted by Gasteiger charge is -2.22. The minimum Gasteiger partial charge on any atom is -0.399 e. The number of aromatic nitrogens is 1.